The highest BCUT2D eigenvalue weighted by atomic mass is 16.5. The van der Waals surface area contributed by atoms with Crippen molar-refractivity contribution >= 4 is 5.97 Å². The Balaban J connectivity index is 2.09. The standard InChI is InChI=1S/C17H25NO4/c1-3-21-16-11-13(8-9-15(16)19)12-18-10-6-5-7-14(18)17(20)22-4-2/h8-9,11,14,19H,3-7,10,12H2,1-2H3/t14-/m1/s1. The van der Waals surface area contributed by atoms with E-state index >= 15 is 0 Å². The molecule has 1 saturated heterocycles. The van der Waals surface area contributed by atoms with Crippen molar-refractivity contribution in [2.75, 3.05) is 19.8 Å². The molecule has 1 aliphatic heterocycles. The lowest BCUT2D eigenvalue weighted by molar-refractivity contribution is -0.151. The van der Waals surface area contributed by atoms with Crippen LogP contribution in [-0.2, 0) is 16.1 Å². The highest BCUT2D eigenvalue weighted by Crippen LogP contribution is 2.28. The Kier molecular flexibility index (Phi) is 6.07. The van der Waals surface area contributed by atoms with Crippen LogP contribution in [0.2, 0.25) is 0 Å². The van der Waals surface area contributed by atoms with Crippen LogP contribution in [-0.4, -0.2) is 41.8 Å². The maximum Gasteiger partial charge on any atom is 0.323 e. The van der Waals surface area contributed by atoms with E-state index in [9.17, 15) is 9.90 Å². The fraction of sp³-hybridized carbons (Fsp3) is 0.588. The molecule has 0 aliphatic carbocycles. The Bertz CT molecular complexity index is 503. The molecule has 0 unspecified atom stereocenters. The second-order valence-electron chi connectivity index (χ2n) is 5.47. The molecule has 0 bridgehead atoms. The summed E-state index contributed by atoms with van der Waals surface area (Å²) < 4.78 is 10.6. The lowest BCUT2D eigenvalue weighted by Gasteiger charge is -2.34. The number of nitrogens with zero attached hydrogens (tertiary/aromatic N) is 1. The molecule has 1 aliphatic rings. The summed E-state index contributed by atoms with van der Waals surface area (Å²) in [6.45, 7) is 6.17. The van der Waals surface area contributed by atoms with Gasteiger partial charge in [-0.25, -0.2) is 0 Å². The number of phenolic OH excluding ortho intramolecular Hbond substituents is 1. The van der Waals surface area contributed by atoms with Crippen molar-refractivity contribution in [3.05, 3.63) is 23.8 Å². The van der Waals surface area contributed by atoms with Gasteiger partial charge in [-0.1, -0.05) is 12.5 Å². The lowest BCUT2D eigenvalue weighted by atomic mass is 10.0. The van der Waals surface area contributed by atoms with Crippen LogP contribution in [0.3, 0.4) is 0 Å². The fourth-order valence-corrected chi connectivity index (χ4v) is 2.85. The topological polar surface area (TPSA) is 59.0 Å². The van der Waals surface area contributed by atoms with Crippen LogP contribution in [0.4, 0.5) is 0 Å². The largest absolute Gasteiger partial charge is 0.504 e. The molecule has 0 radical (unpaired) electrons. The van der Waals surface area contributed by atoms with Gasteiger partial charge in [0.15, 0.2) is 11.5 Å². The second-order valence-corrected chi connectivity index (χ2v) is 5.47. The minimum absolute atomic E-state index is 0.133. The van der Waals surface area contributed by atoms with Crippen molar-refractivity contribution in [2.24, 2.45) is 0 Å². The van der Waals surface area contributed by atoms with Gasteiger partial charge in [0, 0.05) is 6.54 Å². The molecule has 1 atom stereocenters. The monoisotopic (exact) mass is 307 g/mol. The summed E-state index contributed by atoms with van der Waals surface area (Å²) in [4.78, 5) is 14.3. The third kappa shape index (κ3) is 4.13. The average molecular weight is 307 g/mol. The lowest BCUT2D eigenvalue weighted by Crippen LogP contribution is -2.44. The van der Waals surface area contributed by atoms with Gasteiger partial charge >= 0.3 is 5.97 Å². The summed E-state index contributed by atoms with van der Waals surface area (Å²) in [5.74, 6) is 0.502. The highest BCUT2D eigenvalue weighted by molar-refractivity contribution is 5.75. The number of piperidine rings is 1. The smallest absolute Gasteiger partial charge is 0.323 e. The minimum Gasteiger partial charge on any atom is -0.504 e. The summed E-state index contributed by atoms with van der Waals surface area (Å²) >= 11 is 0. The van der Waals surface area contributed by atoms with Crippen molar-refractivity contribution in [2.45, 2.75) is 45.7 Å². The Morgan fingerprint density at radius 1 is 1.32 bits per heavy atom. The van der Waals surface area contributed by atoms with Crippen LogP contribution < -0.4 is 4.74 Å². The molecule has 22 heavy (non-hydrogen) atoms. The highest BCUT2D eigenvalue weighted by Gasteiger charge is 2.29. The third-order valence-electron chi connectivity index (χ3n) is 3.88. The number of benzene rings is 1. The quantitative estimate of drug-likeness (QED) is 0.819. The first kappa shape index (κ1) is 16.6. The van der Waals surface area contributed by atoms with Gasteiger partial charge in [-0.3, -0.25) is 9.69 Å². The van der Waals surface area contributed by atoms with Crippen LogP contribution in [0.25, 0.3) is 0 Å². The van der Waals surface area contributed by atoms with E-state index in [0.717, 1.165) is 31.4 Å². The first-order valence-corrected chi connectivity index (χ1v) is 8.01. The Labute approximate surface area is 131 Å². The Morgan fingerprint density at radius 3 is 2.86 bits per heavy atom. The predicted octanol–water partition coefficient (Wildman–Crippen LogP) is 2.71. The van der Waals surface area contributed by atoms with Crippen LogP contribution in [0.1, 0.15) is 38.7 Å². The van der Waals surface area contributed by atoms with Gasteiger partial charge in [-0.15, -0.1) is 0 Å². The summed E-state index contributed by atoms with van der Waals surface area (Å²) in [6, 6.07) is 5.19. The van der Waals surface area contributed by atoms with Gasteiger partial charge in [0.05, 0.1) is 13.2 Å². The fourth-order valence-electron chi connectivity index (χ4n) is 2.85. The van der Waals surface area contributed by atoms with E-state index < -0.39 is 0 Å². The number of aromatic hydroxyl groups is 1. The first-order chi connectivity index (χ1) is 10.7. The van der Waals surface area contributed by atoms with E-state index in [1.165, 1.54) is 0 Å². The van der Waals surface area contributed by atoms with E-state index in [2.05, 4.69) is 4.90 Å². The molecule has 1 aromatic carbocycles. The van der Waals surface area contributed by atoms with Crippen molar-refractivity contribution in [3.63, 3.8) is 0 Å². The molecule has 0 saturated carbocycles. The van der Waals surface area contributed by atoms with Crippen LogP contribution >= 0.6 is 0 Å². The molecule has 1 heterocycles. The van der Waals surface area contributed by atoms with Gasteiger partial charge in [0.2, 0.25) is 0 Å². The third-order valence-corrected chi connectivity index (χ3v) is 3.88. The summed E-state index contributed by atoms with van der Waals surface area (Å²) in [6.07, 6.45) is 2.99. The molecular weight excluding hydrogens is 282 g/mol. The first-order valence-electron chi connectivity index (χ1n) is 8.01. The van der Waals surface area contributed by atoms with Gasteiger partial charge in [0.1, 0.15) is 6.04 Å². The molecule has 122 valence electrons. The van der Waals surface area contributed by atoms with E-state index in [1.807, 2.05) is 26.0 Å². The van der Waals surface area contributed by atoms with Gasteiger partial charge < -0.3 is 14.6 Å². The molecule has 1 aromatic rings. The zero-order valence-electron chi connectivity index (χ0n) is 13.4. The normalized spacial score (nSPS) is 18.9. The number of rotatable bonds is 6. The molecule has 5 heteroatoms. The molecule has 2 rings (SSSR count). The number of phenols is 1. The number of ether oxygens (including phenoxy) is 2. The molecule has 0 aromatic heterocycles. The van der Waals surface area contributed by atoms with Crippen molar-refractivity contribution < 1.29 is 19.4 Å². The van der Waals surface area contributed by atoms with E-state index in [0.29, 0.717) is 25.5 Å². The van der Waals surface area contributed by atoms with E-state index in [4.69, 9.17) is 9.47 Å². The van der Waals surface area contributed by atoms with Gasteiger partial charge in [0.25, 0.3) is 0 Å². The molecule has 1 N–H and O–H groups in total. The number of carbonyl (C=O) groups is 1. The molecule has 5 nitrogen and oxygen atoms in total. The zero-order chi connectivity index (χ0) is 15.9. The predicted molar refractivity (Wildman–Crippen MR) is 84.0 cm³/mol. The Hall–Kier alpha value is -1.75. The number of carbonyl (C=O) groups excluding carboxylic acids is 1. The SMILES string of the molecule is CCOC(=O)[C@H]1CCCCN1Cc1ccc(O)c(OCC)c1. The maximum absolute atomic E-state index is 12.1. The number of hydrogen-bond donors (Lipinski definition) is 1. The molecule has 0 amide bonds. The zero-order valence-corrected chi connectivity index (χ0v) is 13.4. The summed E-state index contributed by atoms with van der Waals surface area (Å²) in [5, 5.41) is 9.77. The number of esters is 1. The number of likely N-dealkylation sites (tertiary alicyclic amines) is 1. The molecule has 1 fully saturated rings. The second kappa shape index (κ2) is 8.03. The molecular formula is C17H25NO4. The van der Waals surface area contributed by atoms with E-state index in [-0.39, 0.29) is 17.8 Å². The molecule has 0 spiro atoms. The number of hydrogen-bond acceptors (Lipinski definition) is 5. The summed E-state index contributed by atoms with van der Waals surface area (Å²) in [5.41, 5.74) is 1.03. The van der Waals surface area contributed by atoms with Crippen molar-refractivity contribution in [1.29, 1.82) is 0 Å². The minimum atomic E-state index is -0.168. The average Bonchev–Trinajstić information content (AvgIpc) is 2.51. The Morgan fingerprint density at radius 2 is 2.14 bits per heavy atom. The van der Waals surface area contributed by atoms with Gasteiger partial charge in [-0.2, -0.15) is 0 Å². The summed E-state index contributed by atoms with van der Waals surface area (Å²) in [7, 11) is 0. The van der Waals surface area contributed by atoms with Crippen LogP contribution in [0.5, 0.6) is 11.5 Å². The van der Waals surface area contributed by atoms with Crippen LogP contribution in [0, 0.1) is 0 Å². The maximum atomic E-state index is 12.1. The van der Waals surface area contributed by atoms with Gasteiger partial charge in [-0.05, 0) is 50.9 Å². The van der Waals surface area contributed by atoms with Crippen molar-refractivity contribution in [1.82, 2.24) is 4.90 Å². The van der Waals surface area contributed by atoms with Crippen LogP contribution in [0.15, 0.2) is 18.2 Å². The van der Waals surface area contributed by atoms with Crippen molar-refractivity contribution in [3.8, 4) is 11.5 Å². The van der Waals surface area contributed by atoms with E-state index in [1.54, 1.807) is 6.07 Å².